The van der Waals surface area contributed by atoms with Crippen molar-refractivity contribution in [1.82, 2.24) is 0 Å². The van der Waals surface area contributed by atoms with E-state index in [0.29, 0.717) is 32.3 Å². The molecule has 2 radical (unpaired) electrons. The van der Waals surface area contributed by atoms with Crippen LogP contribution in [0.3, 0.4) is 0 Å². The molecule has 3 fully saturated rings. The molecule has 0 bridgehead atoms. The molecule has 33 heavy (non-hydrogen) atoms. The lowest BCUT2D eigenvalue weighted by molar-refractivity contribution is -0.383. The molecule has 8 atom stereocenters. The second-order valence-corrected chi connectivity index (χ2v) is 8.83. The minimum atomic E-state index is -1.10. The predicted octanol–water partition coefficient (Wildman–Crippen LogP) is 2.37. The summed E-state index contributed by atoms with van der Waals surface area (Å²) in [4.78, 5) is 12.1. The normalized spacial score (nSPS) is 37.9. The van der Waals surface area contributed by atoms with Gasteiger partial charge in [0, 0.05) is 27.1 Å². The molecule has 0 spiro atoms. The van der Waals surface area contributed by atoms with E-state index < -0.39 is 42.3 Å². The minimum absolute atomic E-state index is 0.00974. The van der Waals surface area contributed by atoms with Gasteiger partial charge >= 0.3 is 5.97 Å². The number of rotatable bonds is 9. The van der Waals surface area contributed by atoms with E-state index in [-0.39, 0.29) is 18.8 Å². The summed E-state index contributed by atoms with van der Waals surface area (Å²) < 4.78 is 37.2. The van der Waals surface area contributed by atoms with Crippen molar-refractivity contribution in [2.75, 3.05) is 13.7 Å². The van der Waals surface area contributed by atoms with Gasteiger partial charge in [-0.3, -0.25) is 4.79 Å². The zero-order valence-corrected chi connectivity index (χ0v) is 19.3. The fraction of sp³-hybridized carbons (Fsp3) is 0.640. The van der Waals surface area contributed by atoms with Crippen LogP contribution in [-0.2, 0) is 39.8 Å². The van der Waals surface area contributed by atoms with Gasteiger partial charge in [0.25, 0.3) is 0 Å². The van der Waals surface area contributed by atoms with Gasteiger partial charge in [-0.25, -0.2) is 0 Å². The molecule has 8 nitrogen and oxygen atoms in total. The Morgan fingerprint density at radius 3 is 2.70 bits per heavy atom. The predicted molar refractivity (Wildman–Crippen MR) is 118 cm³/mol. The lowest BCUT2D eigenvalue weighted by Crippen LogP contribution is -2.69. The van der Waals surface area contributed by atoms with Crippen LogP contribution in [0.2, 0.25) is 0 Å². The summed E-state index contributed by atoms with van der Waals surface area (Å²) in [7, 11) is 1.57. The van der Waals surface area contributed by atoms with Crippen LogP contribution in [0.5, 0.6) is 0 Å². The summed E-state index contributed by atoms with van der Waals surface area (Å²) in [6.07, 6.45) is 0.593. The van der Waals surface area contributed by atoms with Crippen LogP contribution in [0.1, 0.15) is 38.2 Å². The third kappa shape index (κ3) is 5.11. The van der Waals surface area contributed by atoms with E-state index in [1.165, 1.54) is 6.92 Å². The maximum absolute atomic E-state index is 12.1. The smallest absolute Gasteiger partial charge is 0.303 e. The van der Waals surface area contributed by atoms with E-state index in [9.17, 15) is 9.90 Å². The molecule has 3 saturated heterocycles. The average molecular weight is 463 g/mol. The summed E-state index contributed by atoms with van der Waals surface area (Å²) in [5.74, 6) is -1.54. The number of ether oxygens (including phenoxy) is 6. The van der Waals surface area contributed by atoms with Crippen LogP contribution in [0.25, 0.3) is 0 Å². The number of hydrogen-bond acceptors (Lipinski definition) is 8. The number of aliphatic hydroxyl groups excluding tert-OH is 1. The summed E-state index contributed by atoms with van der Waals surface area (Å²) in [6.45, 7) is 5.63. The van der Waals surface area contributed by atoms with Crippen molar-refractivity contribution >= 4 is 5.97 Å². The fourth-order valence-corrected chi connectivity index (χ4v) is 5.16. The van der Waals surface area contributed by atoms with E-state index >= 15 is 0 Å². The van der Waals surface area contributed by atoms with Crippen molar-refractivity contribution in [2.24, 2.45) is 0 Å². The van der Waals surface area contributed by atoms with Crippen molar-refractivity contribution in [3.05, 3.63) is 49.2 Å². The number of hydrogen-bond donors (Lipinski definition) is 1. The molecule has 0 saturated carbocycles. The van der Waals surface area contributed by atoms with Gasteiger partial charge in [0.05, 0.1) is 18.8 Å². The molecule has 0 aliphatic carbocycles. The Bertz CT molecular complexity index is 773. The molecule has 3 heterocycles. The minimum Gasteiger partial charge on any atom is -0.457 e. The maximum Gasteiger partial charge on any atom is 0.303 e. The number of benzene rings is 1. The SMILES string of the molecule is [CH2][CH]C[C@H]1O[C@@H]2[C@@H](OC3(OC)CC[C@H](CCO)O[C@@H]3[C@H]2OC(C)=O)[C@H]1OCc1ccccc1. The zero-order chi connectivity index (χ0) is 23.4. The van der Waals surface area contributed by atoms with Gasteiger partial charge in [0.15, 0.2) is 18.0 Å². The Morgan fingerprint density at radius 1 is 1.24 bits per heavy atom. The number of fused-ring (bicyclic) bond motifs is 2. The highest BCUT2D eigenvalue weighted by molar-refractivity contribution is 5.66. The first-order valence-corrected chi connectivity index (χ1v) is 11.6. The van der Waals surface area contributed by atoms with E-state index in [1.807, 2.05) is 30.3 Å². The second kappa shape index (κ2) is 10.8. The zero-order valence-electron chi connectivity index (χ0n) is 19.3. The Labute approximate surface area is 195 Å². The van der Waals surface area contributed by atoms with Crippen molar-refractivity contribution in [2.45, 2.75) is 87.7 Å². The molecule has 3 aliphatic heterocycles. The van der Waals surface area contributed by atoms with Crippen LogP contribution in [0.15, 0.2) is 30.3 Å². The molecule has 1 N–H and O–H groups in total. The summed E-state index contributed by atoms with van der Waals surface area (Å²) >= 11 is 0. The van der Waals surface area contributed by atoms with Gasteiger partial charge in [0.2, 0.25) is 0 Å². The molecule has 1 aromatic rings. The highest BCUT2D eigenvalue weighted by atomic mass is 16.8. The first-order valence-electron chi connectivity index (χ1n) is 11.6. The van der Waals surface area contributed by atoms with Gasteiger partial charge in [-0.15, -0.1) is 0 Å². The van der Waals surface area contributed by atoms with Gasteiger partial charge < -0.3 is 33.5 Å². The molecule has 0 aromatic heterocycles. The summed E-state index contributed by atoms with van der Waals surface area (Å²) in [5, 5.41) is 9.40. The molecule has 8 heteroatoms. The van der Waals surface area contributed by atoms with Gasteiger partial charge in [-0.05, 0) is 38.2 Å². The quantitative estimate of drug-likeness (QED) is 0.559. The molecule has 0 amide bonds. The lowest BCUT2D eigenvalue weighted by atomic mass is 9.85. The fourth-order valence-electron chi connectivity index (χ4n) is 5.16. The van der Waals surface area contributed by atoms with E-state index in [4.69, 9.17) is 28.4 Å². The molecular formula is C25H34O8. The van der Waals surface area contributed by atoms with Crippen molar-refractivity contribution in [3.8, 4) is 0 Å². The Kier molecular flexibility index (Phi) is 8.04. The van der Waals surface area contributed by atoms with Crippen molar-refractivity contribution in [3.63, 3.8) is 0 Å². The lowest BCUT2D eigenvalue weighted by Gasteiger charge is -2.53. The Morgan fingerprint density at radius 2 is 2.03 bits per heavy atom. The molecule has 1 aromatic carbocycles. The highest BCUT2D eigenvalue weighted by Gasteiger charge is 2.65. The standard InChI is InChI=1S/C25H34O8/c1-4-8-19-20(29-15-17-9-6-5-7-10-17)22-21(32-19)23(30-16(2)27)24-25(28-3,33-22)13-11-18(31-24)12-14-26/h4-7,9-10,18-24,26H,1,8,11-15H2,2-3H3/t18-,19-,20+,21-,22+,23+,24-,25?/m1/s1. The monoisotopic (exact) mass is 462 g/mol. The van der Waals surface area contributed by atoms with Crippen molar-refractivity contribution in [1.29, 1.82) is 0 Å². The third-order valence-electron chi connectivity index (χ3n) is 6.67. The summed E-state index contributed by atoms with van der Waals surface area (Å²) in [5.41, 5.74) is 1.04. The van der Waals surface area contributed by atoms with Gasteiger partial charge in [0.1, 0.15) is 18.3 Å². The first kappa shape index (κ1) is 24.6. The van der Waals surface area contributed by atoms with Gasteiger partial charge in [-0.1, -0.05) is 30.3 Å². The second-order valence-electron chi connectivity index (χ2n) is 8.83. The van der Waals surface area contributed by atoms with Crippen LogP contribution in [0.4, 0.5) is 0 Å². The van der Waals surface area contributed by atoms with Crippen molar-refractivity contribution < 1.29 is 38.3 Å². The third-order valence-corrected chi connectivity index (χ3v) is 6.67. The van der Waals surface area contributed by atoms with Crippen LogP contribution in [0, 0.1) is 13.3 Å². The topological polar surface area (TPSA) is 92.7 Å². The molecule has 4 rings (SSSR count). The van der Waals surface area contributed by atoms with E-state index in [2.05, 4.69) is 6.92 Å². The van der Waals surface area contributed by atoms with Crippen LogP contribution >= 0.6 is 0 Å². The van der Waals surface area contributed by atoms with Gasteiger partial charge in [-0.2, -0.15) is 0 Å². The number of carbonyl (C=O) groups is 1. The van der Waals surface area contributed by atoms with Crippen LogP contribution in [-0.4, -0.2) is 73.3 Å². The number of aliphatic hydroxyl groups is 1. The molecule has 3 aliphatic rings. The average Bonchev–Trinajstić information content (AvgIpc) is 3.15. The van der Waals surface area contributed by atoms with E-state index in [1.54, 1.807) is 13.5 Å². The largest absolute Gasteiger partial charge is 0.457 e. The Hall–Kier alpha value is -1.55. The number of methoxy groups -OCH3 is 1. The Balaban J connectivity index is 1.62. The highest BCUT2D eigenvalue weighted by Crippen LogP contribution is 2.47. The number of esters is 1. The molecular weight excluding hydrogens is 428 g/mol. The summed E-state index contributed by atoms with van der Waals surface area (Å²) in [6, 6.07) is 9.90. The molecule has 182 valence electrons. The van der Waals surface area contributed by atoms with Crippen LogP contribution < -0.4 is 0 Å². The van der Waals surface area contributed by atoms with E-state index in [0.717, 1.165) is 5.56 Å². The number of carbonyl (C=O) groups excluding carboxylic acids is 1. The maximum atomic E-state index is 12.1. The molecule has 1 unspecified atom stereocenters. The first-order chi connectivity index (χ1) is 16.0.